The van der Waals surface area contributed by atoms with E-state index in [9.17, 15) is 0 Å². The van der Waals surface area contributed by atoms with Crippen molar-refractivity contribution in [3.63, 3.8) is 0 Å². The maximum Gasteiger partial charge on any atom is 0.250 e. The van der Waals surface area contributed by atoms with Crippen LogP contribution in [0.1, 0.15) is 31.9 Å². The maximum atomic E-state index is 6.35. The molecular weight excluding hydrogens is 292 g/mol. The molecule has 0 saturated carbocycles. The van der Waals surface area contributed by atoms with Crippen LogP contribution in [-0.2, 0) is 0 Å². The van der Waals surface area contributed by atoms with Gasteiger partial charge in [0.25, 0.3) is 8.32 Å². The molecule has 0 aromatic heterocycles. The van der Waals surface area contributed by atoms with Crippen LogP contribution in [0.25, 0.3) is 0 Å². The first kappa shape index (κ1) is 14.8. The maximum absolute atomic E-state index is 6.35. The molecule has 0 amide bonds. The van der Waals surface area contributed by atoms with Crippen molar-refractivity contribution in [3.05, 3.63) is 27.7 Å². The first-order chi connectivity index (χ1) is 7.54. The summed E-state index contributed by atoms with van der Waals surface area (Å²) in [6.45, 7) is 15.5. The average molecular weight is 315 g/mol. The fourth-order valence-electron chi connectivity index (χ4n) is 1.41. The summed E-state index contributed by atoms with van der Waals surface area (Å²) in [6.07, 6.45) is 0. The Labute approximate surface area is 115 Å². The van der Waals surface area contributed by atoms with Crippen LogP contribution in [0, 0.1) is 13.8 Å². The van der Waals surface area contributed by atoms with E-state index in [-0.39, 0.29) is 5.04 Å². The van der Waals surface area contributed by atoms with Crippen molar-refractivity contribution in [3.8, 4) is 5.75 Å². The van der Waals surface area contributed by atoms with Crippen molar-refractivity contribution in [1.82, 2.24) is 0 Å². The van der Waals surface area contributed by atoms with Crippen LogP contribution in [-0.4, -0.2) is 8.32 Å². The van der Waals surface area contributed by atoms with E-state index < -0.39 is 8.32 Å². The molecule has 0 unspecified atom stereocenters. The Bertz CT molecular complexity index is 419. The van der Waals surface area contributed by atoms with Crippen molar-refractivity contribution < 1.29 is 4.43 Å². The zero-order chi connectivity index (χ0) is 13.4. The molecule has 3 heteroatoms. The summed E-state index contributed by atoms with van der Waals surface area (Å²) in [5.74, 6) is 0.995. The molecule has 1 nitrogen and oxygen atoms in total. The summed E-state index contributed by atoms with van der Waals surface area (Å²) in [4.78, 5) is 0. The third-order valence-electron chi connectivity index (χ3n) is 3.54. The molecule has 0 aliphatic rings. The zero-order valence-electron chi connectivity index (χ0n) is 11.9. The minimum Gasteiger partial charge on any atom is -0.543 e. The highest BCUT2D eigenvalue weighted by Crippen LogP contribution is 2.40. The zero-order valence-corrected chi connectivity index (χ0v) is 14.5. The van der Waals surface area contributed by atoms with Gasteiger partial charge < -0.3 is 4.43 Å². The van der Waals surface area contributed by atoms with Gasteiger partial charge >= 0.3 is 0 Å². The van der Waals surface area contributed by atoms with Gasteiger partial charge in [-0.1, -0.05) is 26.8 Å². The highest BCUT2D eigenvalue weighted by molar-refractivity contribution is 9.10. The molecular formula is C14H23BrOSi. The molecule has 1 rings (SSSR count). The van der Waals surface area contributed by atoms with E-state index in [0.717, 1.165) is 10.2 Å². The van der Waals surface area contributed by atoms with Gasteiger partial charge in [0.05, 0.1) is 4.47 Å². The van der Waals surface area contributed by atoms with Crippen LogP contribution in [0.2, 0.25) is 18.1 Å². The Kier molecular flexibility index (Phi) is 4.15. The summed E-state index contributed by atoms with van der Waals surface area (Å²) >= 11 is 3.63. The van der Waals surface area contributed by atoms with Gasteiger partial charge in [0.1, 0.15) is 5.75 Å². The monoisotopic (exact) mass is 314 g/mol. The van der Waals surface area contributed by atoms with Gasteiger partial charge in [0, 0.05) is 0 Å². The van der Waals surface area contributed by atoms with E-state index in [2.05, 4.69) is 75.8 Å². The topological polar surface area (TPSA) is 9.23 Å². The van der Waals surface area contributed by atoms with Gasteiger partial charge in [-0.25, -0.2) is 0 Å². The van der Waals surface area contributed by atoms with Crippen LogP contribution < -0.4 is 4.43 Å². The second-order valence-electron chi connectivity index (χ2n) is 6.26. The molecule has 0 N–H and O–H groups in total. The standard InChI is InChI=1S/C14H23BrOSi/c1-10-8-11(2)13(15)12(9-10)16-17(6,7)14(3,4)5/h8-9H,1-7H3. The molecule has 0 bridgehead atoms. The first-order valence-corrected chi connectivity index (χ1v) is 9.70. The van der Waals surface area contributed by atoms with Crippen LogP contribution in [0.5, 0.6) is 5.75 Å². The van der Waals surface area contributed by atoms with Gasteiger partial charge in [0.15, 0.2) is 0 Å². The van der Waals surface area contributed by atoms with E-state index in [1.54, 1.807) is 0 Å². The Hall–Kier alpha value is -0.283. The van der Waals surface area contributed by atoms with Gasteiger partial charge in [-0.05, 0) is 65.1 Å². The Morgan fingerprint density at radius 2 is 1.65 bits per heavy atom. The van der Waals surface area contributed by atoms with E-state index in [4.69, 9.17) is 4.43 Å². The smallest absolute Gasteiger partial charge is 0.250 e. The largest absolute Gasteiger partial charge is 0.543 e. The summed E-state index contributed by atoms with van der Waals surface area (Å²) in [6, 6.07) is 4.29. The van der Waals surface area contributed by atoms with E-state index in [0.29, 0.717) is 0 Å². The molecule has 0 radical (unpaired) electrons. The second kappa shape index (κ2) is 4.77. The summed E-state index contributed by atoms with van der Waals surface area (Å²) < 4.78 is 7.44. The fraction of sp³-hybridized carbons (Fsp3) is 0.571. The van der Waals surface area contributed by atoms with Gasteiger partial charge in [-0.3, -0.25) is 0 Å². The van der Waals surface area contributed by atoms with Crippen molar-refractivity contribution in [2.45, 2.75) is 52.8 Å². The average Bonchev–Trinajstić information content (AvgIpc) is 2.11. The van der Waals surface area contributed by atoms with Gasteiger partial charge in [0.2, 0.25) is 0 Å². The number of halogens is 1. The molecule has 96 valence electrons. The minimum atomic E-state index is -1.75. The van der Waals surface area contributed by atoms with Crippen LogP contribution in [0.4, 0.5) is 0 Å². The molecule has 0 fully saturated rings. The molecule has 1 aromatic carbocycles. The minimum absolute atomic E-state index is 0.226. The molecule has 0 saturated heterocycles. The molecule has 17 heavy (non-hydrogen) atoms. The van der Waals surface area contributed by atoms with Crippen LogP contribution >= 0.6 is 15.9 Å². The quantitative estimate of drug-likeness (QED) is 0.659. The lowest BCUT2D eigenvalue weighted by Crippen LogP contribution is -2.44. The third kappa shape index (κ3) is 3.35. The third-order valence-corrected chi connectivity index (χ3v) is 8.90. The predicted octanol–water partition coefficient (Wildman–Crippen LogP) is 5.45. The highest BCUT2D eigenvalue weighted by atomic mass is 79.9. The summed E-state index contributed by atoms with van der Waals surface area (Å²) in [7, 11) is -1.75. The second-order valence-corrected chi connectivity index (χ2v) is 11.8. The Morgan fingerprint density at radius 1 is 1.12 bits per heavy atom. The summed E-state index contributed by atoms with van der Waals surface area (Å²) in [5.41, 5.74) is 2.48. The number of benzene rings is 1. The van der Waals surface area contributed by atoms with Crippen molar-refractivity contribution in [2.24, 2.45) is 0 Å². The number of aryl methyl sites for hydroxylation is 2. The van der Waals surface area contributed by atoms with E-state index in [1.807, 2.05) is 0 Å². The van der Waals surface area contributed by atoms with Crippen molar-refractivity contribution >= 4 is 24.2 Å². The molecule has 0 spiro atoms. The summed E-state index contributed by atoms with van der Waals surface area (Å²) in [5, 5.41) is 0.226. The normalized spacial score (nSPS) is 12.7. The van der Waals surface area contributed by atoms with Crippen molar-refractivity contribution in [1.29, 1.82) is 0 Å². The molecule has 0 aliphatic heterocycles. The van der Waals surface area contributed by atoms with Crippen LogP contribution in [0.3, 0.4) is 0 Å². The Morgan fingerprint density at radius 3 is 2.12 bits per heavy atom. The Balaban J connectivity index is 3.12. The molecule has 0 atom stereocenters. The predicted molar refractivity (Wildman–Crippen MR) is 81.4 cm³/mol. The lowest BCUT2D eigenvalue weighted by Gasteiger charge is -2.37. The SMILES string of the molecule is Cc1cc(C)c(Br)c(O[Si](C)(C)C(C)(C)C)c1. The number of rotatable bonds is 2. The lowest BCUT2D eigenvalue weighted by molar-refractivity contribution is 0.489. The van der Waals surface area contributed by atoms with Crippen molar-refractivity contribution in [2.75, 3.05) is 0 Å². The van der Waals surface area contributed by atoms with E-state index in [1.165, 1.54) is 11.1 Å². The first-order valence-electron chi connectivity index (χ1n) is 6.00. The highest BCUT2D eigenvalue weighted by Gasteiger charge is 2.39. The van der Waals surface area contributed by atoms with Gasteiger partial charge in [-0.2, -0.15) is 0 Å². The number of hydrogen-bond donors (Lipinski definition) is 0. The van der Waals surface area contributed by atoms with Gasteiger partial charge in [-0.15, -0.1) is 0 Å². The molecule has 0 aliphatic carbocycles. The van der Waals surface area contributed by atoms with E-state index >= 15 is 0 Å². The lowest BCUT2D eigenvalue weighted by atomic mass is 10.1. The molecule has 1 aromatic rings. The molecule has 0 heterocycles. The fourth-order valence-corrected chi connectivity index (χ4v) is 2.89. The number of hydrogen-bond acceptors (Lipinski definition) is 1. The van der Waals surface area contributed by atoms with Crippen LogP contribution in [0.15, 0.2) is 16.6 Å².